The van der Waals surface area contributed by atoms with Crippen LogP contribution in [0.15, 0.2) is 12.2 Å². The first kappa shape index (κ1) is 20.7. The van der Waals surface area contributed by atoms with Gasteiger partial charge in [-0.25, -0.2) is 9.59 Å². The largest absolute Gasteiger partial charge is 0.463 e. The Morgan fingerprint density at radius 2 is 1.59 bits per heavy atom. The van der Waals surface area contributed by atoms with Gasteiger partial charge in [-0.3, -0.25) is 0 Å². The maximum Gasteiger partial charge on any atom is 0.331 e. The molecule has 0 aliphatic heterocycles. The minimum Gasteiger partial charge on any atom is -0.463 e. The van der Waals surface area contributed by atoms with Crippen LogP contribution in [0.1, 0.15) is 72.6 Å². The van der Waals surface area contributed by atoms with Gasteiger partial charge < -0.3 is 9.47 Å². The lowest BCUT2D eigenvalue weighted by Crippen LogP contribution is -2.17. The van der Waals surface area contributed by atoms with E-state index in [4.69, 9.17) is 9.47 Å². The molecule has 0 bridgehead atoms. The second-order valence-corrected chi connectivity index (χ2v) is 6.03. The second kappa shape index (κ2) is 13.4. The van der Waals surface area contributed by atoms with Crippen molar-refractivity contribution in [3.63, 3.8) is 0 Å². The molecular formula is C18H32O4. The van der Waals surface area contributed by atoms with Crippen molar-refractivity contribution < 1.29 is 19.1 Å². The molecule has 1 atom stereocenters. The molecule has 0 radical (unpaired) electrons. The van der Waals surface area contributed by atoms with Crippen LogP contribution in [0.2, 0.25) is 0 Å². The van der Waals surface area contributed by atoms with Crippen LogP contribution in [0.4, 0.5) is 0 Å². The lowest BCUT2D eigenvalue weighted by atomic mass is 10.1. The second-order valence-electron chi connectivity index (χ2n) is 6.03. The molecule has 0 N–H and O–H groups in total. The summed E-state index contributed by atoms with van der Waals surface area (Å²) in [6, 6.07) is 0. The van der Waals surface area contributed by atoms with Gasteiger partial charge in [-0.1, -0.05) is 47.0 Å². The summed E-state index contributed by atoms with van der Waals surface area (Å²) in [4.78, 5) is 23.2. The molecule has 4 heteroatoms. The van der Waals surface area contributed by atoms with E-state index in [1.807, 2.05) is 0 Å². The molecule has 0 aliphatic carbocycles. The Labute approximate surface area is 135 Å². The third-order valence-electron chi connectivity index (χ3n) is 3.30. The molecule has 0 rings (SSSR count). The van der Waals surface area contributed by atoms with Crippen LogP contribution in [0.3, 0.4) is 0 Å². The van der Waals surface area contributed by atoms with E-state index in [9.17, 15) is 9.59 Å². The zero-order valence-electron chi connectivity index (χ0n) is 14.6. The van der Waals surface area contributed by atoms with E-state index in [-0.39, 0.29) is 6.10 Å². The Morgan fingerprint density at radius 1 is 0.909 bits per heavy atom. The molecule has 22 heavy (non-hydrogen) atoms. The summed E-state index contributed by atoms with van der Waals surface area (Å²) < 4.78 is 10.4. The Bertz CT molecular complexity index is 334. The van der Waals surface area contributed by atoms with Crippen LogP contribution in [0, 0.1) is 5.92 Å². The highest BCUT2D eigenvalue weighted by molar-refractivity contribution is 5.91. The van der Waals surface area contributed by atoms with Crippen molar-refractivity contribution in [2.75, 3.05) is 6.61 Å². The minimum atomic E-state index is -0.485. The van der Waals surface area contributed by atoms with Crippen LogP contribution in [-0.4, -0.2) is 24.6 Å². The number of unbranched alkanes of at least 4 members (excludes halogenated alkanes) is 1. The lowest BCUT2D eigenvalue weighted by Gasteiger charge is -2.15. The van der Waals surface area contributed by atoms with E-state index >= 15 is 0 Å². The highest BCUT2D eigenvalue weighted by Crippen LogP contribution is 2.11. The average molecular weight is 312 g/mol. The van der Waals surface area contributed by atoms with Crippen molar-refractivity contribution in [1.82, 2.24) is 0 Å². The molecule has 0 fully saturated rings. The number of hydrogen-bond acceptors (Lipinski definition) is 4. The van der Waals surface area contributed by atoms with E-state index in [0.29, 0.717) is 12.5 Å². The normalized spacial score (nSPS) is 12.6. The predicted molar refractivity (Wildman–Crippen MR) is 88.5 cm³/mol. The van der Waals surface area contributed by atoms with Gasteiger partial charge in [0, 0.05) is 12.2 Å². The number of ether oxygens (including phenoxy) is 2. The van der Waals surface area contributed by atoms with E-state index in [2.05, 4.69) is 27.7 Å². The van der Waals surface area contributed by atoms with Crippen molar-refractivity contribution in [2.45, 2.75) is 78.7 Å². The first-order valence-corrected chi connectivity index (χ1v) is 8.55. The standard InChI is InChI=1S/C18H32O4/c1-5-7-11-16(9-6-2)22-18(20)13-12-17(19)21-14-8-10-15(3)4/h12-13,15-16H,5-11,14H2,1-4H3/b13-12+. The summed E-state index contributed by atoms with van der Waals surface area (Å²) in [5.41, 5.74) is 0. The van der Waals surface area contributed by atoms with Crippen LogP contribution in [0.5, 0.6) is 0 Å². The summed E-state index contributed by atoms with van der Waals surface area (Å²) in [6.45, 7) is 8.83. The summed E-state index contributed by atoms with van der Waals surface area (Å²) >= 11 is 0. The molecule has 4 nitrogen and oxygen atoms in total. The Balaban J connectivity index is 4.02. The Hall–Kier alpha value is -1.32. The van der Waals surface area contributed by atoms with Crippen molar-refractivity contribution in [1.29, 1.82) is 0 Å². The molecule has 0 spiro atoms. The smallest absolute Gasteiger partial charge is 0.331 e. The molecule has 0 saturated carbocycles. The zero-order valence-corrected chi connectivity index (χ0v) is 14.6. The summed E-state index contributed by atoms with van der Waals surface area (Å²) in [5, 5.41) is 0. The van der Waals surface area contributed by atoms with Crippen molar-refractivity contribution >= 4 is 11.9 Å². The summed E-state index contributed by atoms with van der Waals surface area (Å²) in [7, 11) is 0. The third kappa shape index (κ3) is 12.4. The van der Waals surface area contributed by atoms with Gasteiger partial charge in [0.05, 0.1) is 6.61 Å². The van der Waals surface area contributed by atoms with E-state index in [0.717, 1.165) is 51.0 Å². The topological polar surface area (TPSA) is 52.6 Å². The van der Waals surface area contributed by atoms with Crippen molar-refractivity contribution in [2.24, 2.45) is 5.92 Å². The molecule has 0 aliphatic rings. The van der Waals surface area contributed by atoms with Crippen molar-refractivity contribution in [3.05, 3.63) is 12.2 Å². The Morgan fingerprint density at radius 3 is 2.18 bits per heavy atom. The number of hydrogen-bond donors (Lipinski definition) is 0. The van der Waals surface area contributed by atoms with Crippen molar-refractivity contribution in [3.8, 4) is 0 Å². The first-order chi connectivity index (χ1) is 10.5. The number of carbonyl (C=O) groups is 2. The minimum absolute atomic E-state index is 0.0517. The maximum absolute atomic E-state index is 11.7. The molecule has 0 saturated heterocycles. The van der Waals surface area contributed by atoms with Gasteiger partial charge >= 0.3 is 11.9 Å². The van der Waals surface area contributed by atoms with E-state index < -0.39 is 11.9 Å². The SMILES string of the molecule is CCCCC(CCC)OC(=O)/C=C/C(=O)OCCCC(C)C. The van der Waals surface area contributed by atoms with Gasteiger partial charge in [-0.15, -0.1) is 0 Å². The molecule has 1 unspecified atom stereocenters. The van der Waals surface area contributed by atoms with Gasteiger partial charge in [0.15, 0.2) is 0 Å². The van der Waals surface area contributed by atoms with Gasteiger partial charge in [0.25, 0.3) is 0 Å². The molecule has 0 aromatic carbocycles. The van der Waals surface area contributed by atoms with E-state index in [1.165, 1.54) is 6.08 Å². The van der Waals surface area contributed by atoms with Crippen LogP contribution >= 0.6 is 0 Å². The summed E-state index contributed by atoms with van der Waals surface area (Å²) in [5.74, 6) is -0.349. The molecule has 0 heterocycles. The van der Waals surface area contributed by atoms with Crippen LogP contribution < -0.4 is 0 Å². The van der Waals surface area contributed by atoms with Gasteiger partial charge in [-0.2, -0.15) is 0 Å². The maximum atomic E-state index is 11.7. The quantitative estimate of drug-likeness (QED) is 0.304. The van der Waals surface area contributed by atoms with Gasteiger partial charge in [-0.05, 0) is 31.6 Å². The molecule has 0 aromatic heterocycles. The zero-order chi connectivity index (χ0) is 16.8. The summed E-state index contributed by atoms with van der Waals surface area (Å²) in [6.07, 6.45) is 8.97. The number of esters is 2. The first-order valence-electron chi connectivity index (χ1n) is 8.55. The molecule has 0 amide bonds. The Kier molecular flexibility index (Phi) is 12.5. The molecule has 128 valence electrons. The predicted octanol–water partition coefficient (Wildman–Crippen LogP) is 4.42. The lowest BCUT2D eigenvalue weighted by molar-refractivity contribution is -0.144. The van der Waals surface area contributed by atoms with Crippen LogP contribution in [-0.2, 0) is 19.1 Å². The third-order valence-corrected chi connectivity index (χ3v) is 3.30. The van der Waals surface area contributed by atoms with E-state index in [1.54, 1.807) is 0 Å². The molecule has 0 aromatic rings. The average Bonchev–Trinajstić information content (AvgIpc) is 2.47. The fraction of sp³-hybridized carbons (Fsp3) is 0.778. The molecular weight excluding hydrogens is 280 g/mol. The number of rotatable bonds is 12. The highest BCUT2D eigenvalue weighted by Gasteiger charge is 2.11. The van der Waals surface area contributed by atoms with Gasteiger partial charge in [0.1, 0.15) is 6.10 Å². The highest BCUT2D eigenvalue weighted by atomic mass is 16.5. The fourth-order valence-corrected chi connectivity index (χ4v) is 2.07. The van der Waals surface area contributed by atoms with Gasteiger partial charge in [0.2, 0.25) is 0 Å². The fourth-order valence-electron chi connectivity index (χ4n) is 2.07. The van der Waals surface area contributed by atoms with Crippen LogP contribution in [0.25, 0.3) is 0 Å². The number of carbonyl (C=O) groups excluding carboxylic acids is 2. The monoisotopic (exact) mass is 312 g/mol.